The first-order chi connectivity index (χ1) is 32.5. The Kier molecular flexibility index (Phi) is 15.9. The van der Waals surface area contributed by atoms with E-state index in [1.807, 2.05) is 0 Å². The number of hydroxylamine groups is 2. The molecular formula is C45H52N8O14S2. The Balaban J connectivity index is 1.32. The second-order valence-corrected chi connectivity index (χ2v) is 19.5. The summed E-state index contributed by atoms with van der Waals surface area (Å²) < 4.78 is 54.2. The van der Waals surface area contributed by atoms with Crippen molar-refractivity contribution < 1.29 is 65.4 Å². The van der Waals surface area contributed by atoms with Gasteiger partial charge in [0, 0.05) is 23.5 Å². The number of amidine groups is 1. The van der Waals surface area contributed by atoms with Crippen molar-refractivity contribution in [3.05, 3.63) is 112 Å². The molecule has 4 amide bonds. The number of hydrogen-bond acceptors (Lipinski definition) is 16. The number of nitrogens with zero attached hydrogens (tertiary/aromatic N) is 5. The van der Waals surface area contributed by atoms with E-state index in [2.05, 4.69) is 30.0 Å². The van der Waals surface area contributed by atoms with E-state index in [9.17, 15) is 42.0 Å². The van der Waals surface area contributed by atoms with Crippen LogP contribution in [0.3, 0.4) is 0 Å². The number of carboxylic acid groups (broad SMARTS) is 1. The van der Waals surface area contributed by atoms with Crippen LogP contribution >= 0.6 is 11.3 Å². The number of hydrogen-bond donors (Lipinski definition) is 5. The lowest BCUT2D eigenvalue weighted by Crippen LogP contribution is -2.76. The van der Waals surface area contributed by atoms with Crippen LogP contribution in [-0.2, 0) is 43.4 Å². The number of aryl methyl sites for hydroxylation is 1. The molecule has 69 heavy (non-hydrogen) atoms. The molecule has 22 nitrogen and oxygen atoms in total. The predicted octanol–water partition coefficient (Wildman–Crippen LogP) is 4.99. The van der Waals surface area contributed by atoms with Gasteiger partial charge < -0.3 is 40.1 Å². The molecular weight excluding hydrogens is 941 g/mol. The zero-order valence-corrected chi connectivity index (χ0v) is 40.0. The van der Waals surface area contributed by atoms with Crippen molar-refractivity contribution in [2.24, 2.45) is 15.9 Å². The van der Waals surface area contributed by atoms with Crippen molar-refractivity contribution in [3.63, 3.8) is 0 Å². The molecule has 0 aliphatic carbocycles. The Hall–Kier alpha value is -7.15. The standard InChI is InChI=1S/C45H52N8O14S2/c1-26-33(48-41(68-26)50-42(57)65-44(2,3)4)34(38(54)49-36-39(55)53(45(36,5)6)67-69(60,61)62)51-66-32(40(56)64-35(27-14-9-7-10-15-27)28-16-11-8-12-17-28)25-63-31-21-19-29(20-22-31)37(46)47-30-18-13-23-52(24-30)43(58)59/h7-12,14-17,19-22,30,32,35-36H,13,18,23-25H2,1-6H3,(H2,46,47)(H,49,54)(H,58,59)(H,48,50,57)(H,60,61,62)/b51-34-/t30-,32-,36+/m0/s1. The number of carbonyl (C=O) groups is 5. The second kappa shape index (κ2) is 21.4. The van der Waals surface area contributed by atoms with E-state index in [1.165, 1.54) is 18.7 Å². The fourth-order valence-corrected chi connectivity index (χ4v) is 8.36. The molecule has 2 aliphatic rings. The summed E-state index contributed by atoms with van der Waals surface area (Å²) in [6.07, 6.45) is -3.24. The number of rotatable bonds is 17. The number of carbonyl (C=O) groups excluding carboxylic acids is 4. The van der Waals surface area contributed by atoms with E-state index in [4.69, 9.17) is 24.8 Å². The lowest BCUT2D eigenvalue weighted by atomic mass is 9.84. The molecule has 3 aromatic carbocycles. The van der Waals surface area contributed by atoms with Gasteiger partial charge >= 0.3 is 28.6 Å². The van der Waals surface area contributed by atoms with Crippen LogP contribution in [0.15, 0.2) is 95.1 Å². The van der Waals surface area contributed by atoms with Crippen LogP contribution in [-0.4, -0.2) is 124 Å². The van der Waals surface area contributed by atoms with Crippen LogP contribution < -0.4 is 21.1 Å². The summed E-state index contributed by atoms with van der Waals surface area (Å²) in [5, 5.41) is 18.9. The molecule has 24 heteroatoms. The van der Waals surface area contributed by atoms with Gasteiger partial charge in [0.25, 0.3) is 17.9 Å². The molecule has 3 heterocycles. The average molecular weight is 993 g/mol. The van der Waals surface area contributed by atoms with Gasteiger partial charge in [-0.2, -0.15) is 13.5 Å². The zero-order valence-electron chi connectivity index (χ0n) is 38.4. The Morgan fingerprint density at radius 2 is 1.62 bits per heavy atom. The van der Waals surface area contributed by atoms with E-state index in [-0.39, 0.29) is 35.0 Å². The molecule has 4 aromatic rings. The van der Waals surface area contributed by atoms with Gasteiger partial charge in [0.05, 0.1) is 11.6 Å². The van der Waals surface area contributed by atoms with E-state index >= 15 is 0 Å². The Morgan fingerprint density at radius 1 is 1.00 bits per heavy atom. The lowest BCUT2D eigenvalue weighted by Gasteiger charge is -2.50. The highest BCUT2D eigenvalue weighted by Crippen LogP contribution is 2.34. The molecule has 368 valence electrons. The van der Waals surface area contributed by atoms with Gasteiger partial charge in [-0.15, -0.1) is 15.6 Å². The predicted molar refractivity (Wildman–Crippen MR) is 250 cm³/mol. The number of aliphatic imine (C=N–C) groups is 1. The van der Waals surface area contributed by atoms with E-state index < -0.39 is 82.1 Å². The smallest absolute Gasteiger partial charge is 0.418 e. The van der Waals surface area contributed by atoms with Crippen LogP contribution in [0.5, 0.6) is 5.75 Å². The molecule has 2 saturated heterocycles. The van der Waals surface area contributed by atoms with Crippen molar-refractivity contribution in [1.29, 1.82) is 0 Å². The normalized spacial score (nSPS) is 17.9. The van der Waals surface area contributed by atoms with Gasteiger partial charge in [-0.25, -0.2) is 19.4 Å². The molecule has 0 radical (unpaired) electrons. The maximum atomic E-state index is 14.4. The third kappa shape index (κ3) is 13.5. The van der Waals surface area contributed by atoms with Crippen molar-refractivity contribution in [2.75, 3.05) is 25.0 Å². The van der Waals surface area contributed by atoms with Crippen molar-refractivity contribution in [3.8, 4) is 5.75 Å². The summed E-state index contributed by atoms with van der Waals surface area (Å²) in [6, 6.07) is 22.4. The fraction of sp³-hybridized carbons (Fsp3) is 0.378. The summed E-state index contributed by atoms with van der Waals surface area (Å²) >= 11 is 0.937. The molecule has 6 rings (SSSR count). The minimum absolute atomic E-state index is 0.0204. The van der Waals surface area contributed by atoms with Gasteiger partial charge in [0.15, 0.2) is 16.9 Å². The molecule has 2 fully saturated rings. The Morgan fingerprint density at radius 3 is 2.19 bits per heavy atom. The number of nitrogens with one attached hydrogen (secondary N) is 2. The van der Waals surface area contributed by atoms with Gasteiger partial charge in [-0.1, -0.05) is 65.8 Å². The SMILES string of the molecule is Cc1sc(NC(=O)OC(C)(C)C)nc1/C(=N/O[C@@H](COc1ccc(C(N)=N[C@H]2CCCN(C(=O)O)C2)cc1)C(=O)OC(c1ccccc1)c1ccccc1)C(=O)N[C@@H]1C(=O)N(OS(=O)(=O)O)C1(C)C. The number of nitrogens with two attached hydrogens (primary N) is 1. The Bertz CT molecular complexity index is 2650. The van der Waals surface area contributed by atoms with Gasteiger partial charge in [-0.05, 0) is 89.8 Å². The third-order valence-corrected chi connectivity index (χ3v) is 11.7. The van der Waals surface area contributed by atoms with E-state index in [1.54, 1.807) is 113 Å². The fourth-order valence-electron chi connectivity index (χ4n) is 7.11. The number of thiazole rings is 1. The highest BCUT2D eigenvalue weighted by atomic mass is 32.3. The monoisotopic (exact) mass is 992 g/mol. The van der Waals surface area contributed by atoms with Crippen LogP contribution in [0.25, 0.3) is 0 Å². The van der Waals surface area contributed by atoms with Crippen molar-refractivity contribution in [2.45, 2.75) is 89.8 Å². The second-order valence-electron chi connectivity index (χ2n) is 17.3. The molecule has 1 aromatic heterocycles. The number of likely N-dealkylation sites (tertiary alicyclic amines) is 1. The summed E-state index contributed by atoms with van der Waals surface area (Å²) in [7, 11) is -5.13. The number of amides is 4. The molecule has 2 aliphatic heterocycles. The molecule has 0 saturated carbocycles. The minimum atomic E-state index is -5.13. The maximum Gasteiger partial charge on any atom is 0.418 e. The number of anilines is 1. The van der Waals surface area contributed by atoms with Crippen LogP contribution in [0.4, 0.5) is 14.7 Å². The van der Waals surface area contributed by atoms with Crippen molar-refractivity contribution >= 4 is 68.4 Å². The van der Waals surface area contributed by atoms with Crippen LogP contribution in [0.2, 0.25) is 0 Å². The Labute approximate surface area is 401 Å². The number of oxime groups is 1. The molecule has 3 atom stereocenters. The summed E-state index contributed by atoms with van der Waals surface area (Å²) in [6.45, 7) is 9.32. The molecule has 0 bridgehead atoms. The lowest BCUT2D eigenvalue weighted by molar-refractivity contribution is -0.218. The molecule has 6 N–H and O–H groups in total. The number of ether oxygens (including phenoxy) is 3. The van der Waals surface area contributed by atoms with E-state index in [0.29, 0.717) is 46.0 Å². The first-order valence-electron chi connectivity index (χ1n) is 21.4. The topological polar surface area (TPSA) is 300 Å². The largest absolute Gasteiger partial charge is 0.489 e. The van der Waals surface area contributed by atoms with Crippen LogP contribution in [0, 0.1) is 6.92 Å². The summed E-state index contributed by atoms with van der Waals surface area (Å²) in [4.78, 5) is 82.4. The van der Waals surface area contributed by atoms with E-state index in [0.717, 1.165) is 11.3 Å². The first kappa shape index (κ1) is 51.2. The number of benzene rings is 3. The molecule has 0 unspecified atom stereocenters. The maximum absolute atomic E-state index is 14.4. The number of piperidine rings is 1. The number of β-lactam (4-membered cyclic amide) rings is 1. The number of esters is 1. The van der Waals surface area contributed by atoms with Crippen LogP contribution in [0.1, 0.15) is 80.8 Å². The first-order valence-corrected chi connectivity index (χ1v) is 23.6. The quantitative estimate of drug-likeness (QED) is 0.0232. The highest BCUT2D eigenvalue weighted by molar-refractivity contribution is 7.80. The minimum Gasteiger partial charge on any atom is -0.489 e. The van der Waals surface area contributed by atoms with Gasteiger partial charge in [0.1, 0.15) is 35.5 Å². The molecule has 0 spiro atoms. The van der Waals surface area contributed by atoms with Crippen molar-refractivity contribution in [1.82, 2.24) is 20.3 Å². The summed E-state index contributed by atoms with van der Waals surface area (Å²) in [5.74, 6) is -2.70. The highest BCUT2D eigenvalue weighted by Gasteiger charge is 2.58. The zero-order chi connectivity index (χ0) is 50.3. The average Bonchev–Trinajstić information content (AvgIpc) is 3.65. The van der Waals surface area contributed by atoms with Gasteiger partial charge in [0.2, 0.25) is 0 Å². The third-order valence-electron chi connectivity index (χ3n) is 10.5. The van der Waals surface area contributed by atoms with Gasteiger partial charge in [-0.3, -0.25) is 24.5 Å². The summed E-state index contributed by atoms with van der Waals surface area (Å²) in [5.41, 5.74) is 4.91. The number of aromatic nitrogens is 1.